The van der Waals surface area contributed by atoms with Crippen LogP contribution in [0, 0.1) is 0 Å². The van der Waals surface area contributed by atoms with E-state index in [1.54, 1.807) is 47.6 Å². The predicted octanol–water partition coefficient (Wildman–Crippen LogP) is 5.32. The van der Waals surface area contributed by atoms with Crippen molar-refractivity contribution in [1.29, 1.82) is 0 Å². The van der Waals surface area contributed by atoms with Crippen molar-refractivity contribution in [2.45, 2.75) is 16.6 Å². The second-order valence-corrected chi connectivity index (χ2v) is 9.46. The summed E-state index contributed by atoms with van der Waals surface area (Å²) < 4.78 is 12.3. The minimum Gasteiger partial charge on any atom is -0.506 e. The molecule has 0 saturated carbocycles. The Hall–Kier alpha value is -3.91. The predicted molar refractivity (Wildman–Crippen MR) is 138 cm³/mol. The first kappa shape index (κ1) is 22.9. The van der Waals surface area contributed by atoms with Gasteiger partial charge in [-0.05, 0) is 42.0 Å². The van der Waals surface area contributed by atoms with Gasteiger partial charge in [0.15, 0.2) is 11.5 Å². The molecule has 0 aliphatic carbocycles. The third kappa shape index (κ3) is 3.89. The minimum atomic E-state index is -0.316. The van der Waals surface area contributed by atoms with Crippen LogP contribution in [-0.4, -0.2) is 34.7 Å². The Kier molecular flexibility index (Phi) is 5.90. The number of phenols is 1. The average Bonchev–Trinajstić information content (AvgIpc) is 3.07. The van der Waals surface area contributed by atoms with Crippen LogP contribution in [-0.2, 0) is 7.05 Å². The number of aliphatic imine (C=N–C) groups is 1. The number of methoxy groups -OCH3 is 2. The quantitative estimate of drug-likeness (QED) is 0.404. The molecule has 0 bridgehead atoms. The summed E-state index contributed by atoms with van der Waals surface area (Å²) in [5.41, 5.74) is 2.56. The van der Waals surface area contributed by atoms with E-state index < -0.39 is 0 Å². The van der Waals surface area contributed by atoms with E-state index in [1.165, 1.54) is 14.2 Å². The maximum absolute atomic E-state index is 13.5. The van der Waals surface area contributed by atoms with E-state index in [1.807, 2.05) is 36.4 Å². The van der Waals surface area contributed by atoms with Crippen LogP contribution >= 0.6 is 11.8 Å². The highest BCUT2D eigenvalue weighted by molar-refractivity contribution is 7.99. The number of nitrogens with zero attached hydrogens (tertiary/aromatic N) is 2. The summed E-state index contributed by atoms with van der Waals surface area (Å²) in [5, 5.41) is 22.0. The summed E-state index contributed by atoms with van der Waals surface area (Å²) >= 11 is 1.60. The highest BCUT2D eigenvalue weighted by atomic mass is 32.2. The summed E-state index contributed by atoms with van der Waals surface area (Å²) in [6.07, 6.45) is 0.359. The third-order valence-corrected chi connectivity index (χ3v) is 7.53. The molecule has 35 heavy (non-hydrogen) atoms. The number of hydrogen-bond donors (Lipinski definition) is 2. The zero-order valence-corrected chi connectivity index (χ0v) is 20.3. The van der Waals surface area contributed by atoms with Crippen molar-refractivity contribution in [3.63, 3.8) is 0 Å². The van der Waals surface area contributed by atoms with E-state index in [9.17, 15) is 15.0 Å². The van der Waals surface area contributed by atoms with Crippen LogP contribution in [0.25, 0.3) is 10.9 Å². The zero-order valence-electron chi connectivity index (χ0n) is 19.5. The number of thioether (sulfide) groups is 1. The summed E-state index contributed by atoms with van der Waals surface area (Å²) in [6, 6.07) is 18.5. The molecule has 3 aromatic carbocycles. The smallest absolute Gasteiger partial charge is 0.263 e. The van der Waals surface area contributed by atoms with Gasteiger partial charge in [-0.3, -0.25) is 9.79 Å². The van der Waals surface area contributed by atoms with Crippen LogP contribution in [0.3, 0.4) is 0 Å². The Bertz CT molecular complexity index is 1520. The second kappa shape index (κ2) is 9.03. The van der Waals surface area contributed by atoms with Gasteiger partial charge in [0, 0.05) is 29.0 Å². The number of aromatic nitrogens is 1. The fourth-order valence-corrected chi connectivity index (χ4v) is 5.61. The van der Waals surface area contributed by atoms with Crippen molar-refractivity contribution in [3.05, 3.63) is 82.1 Å². The molecule has 1 aliphatic rings. The average molecular weight is 489 g/mol. The van der Waals surface area contributed by atoms with E-state index in [4.69, 9.17) is 14.5 Å². The Balaban J connectivity index is 1.73. The standard InChI is InChI=1S/C27H24N2O5S/c1-29-19-10-6-4-8-16(19)25(30)24(27(29)32)18-14-23(35-22-11-7-5-9-17(22)28-18)15-12-20(33-2)26(31)21(13-15)34-3/h4-13,23,30-31H,14H2,1-3H3. The first-order valence-electron chi connectivity index (χ1n) is 11.0. The van der Waals surface area contributed by atoms with Crippen LogP contribution in [0.5, 0.6) is 23.0 Å². The topological polar surface area (TPSA) is 93.3 Å². The van der Waals surface area contributed by atoms with Crippen LogP contribution in [0.1, 0.15) is 22.8 Å². The van der Waals surface area contributed by atoms with E-state index in [0.717, 1.165) is 16.1 Å². The molecule has 0 spiro atoms. The highest BCUT2D eigenvalue weighted by Crippen LogP contribution is 2.49. The Morgan fingerprint density at radius 2 is 1.63 bits per heavy atom. The molecule has 1 aromatic heterocycles. The van der Waals surface area contributed by atoms with Crippen LogP contribution < -0.4 is 15.0 Å². The number of benzene rings is 3. The van der Waals surface area contributed by atoms with Gasteiger partial charge in [0.25, 0.3) is 5.56 Å². The molecular weight excluding hydrogens is 464 g/mol. The Labute approximate surface area is 206 Å². The van der Waals surface area contributed by atoms with Gasteiger partial charge in [-0.1, -0.05) is 24.3 Å². The monoisotopic (exact) mass is 488 g/mol. The van der Waals surface area contributed by atoms with Gasteiger partial charge in [-0.2, -0.15) is 0 Å². The largest absolute Gasteiger partial charge is 0.506 e. The lowest BCUT2D eigenvalue weighted by Gasteiger charge is -2.19. The van der Waals surface area contributed by atoms with Crippen LogP contribution in [0.2, 0.25) is 0 Å². The number of para-hydroxylation sites is 2. The molecular formula is C27H24N2O5S. The van der Waals surface area contributed by atoms with Crippen LogP contribution in [0.4, 0.5) is 5.69 Å². The molecule has 0 fully saturated rings. The maximum atomic E-state index is 13.5. The van der Waals surface area contributed by atoms with Gasteiger partial charge in [-0.15, -0.1) is 11.8 Å². The van der Waals surface area contributed by atoms with Gasteiger partial charge < -0.3 is 24.3 Å². The summed E-state index contributed by atoms with van der Waals surface area (Å²) in [4.78, 5) is 19.3. The third-order valence-electron chi connectivity index (χ3n) is 6.21. The molecule has 7 nitrogen and oxygen atoms in total. The first-order valence-corrected chi connectivity index (χ1v) is 11.9. The lowest BCUT2D eigenvalue weighted by Crippen LogP contribution is -2.25. The fraction of sp³-hybridized carbons (Fsp3) is 0.185. The van der Waals surface area contributed by atoms with Gasteiger partial charge in [-0.25, -0.2) is 0 Å². The number of aromatic hydroxyl groups is 2. The summed E-state index contributed by atoms with van der Waals surface area (Å²) in [7, 11) is 4.66. The SMILES string of the molecule is COc1cc(C2CC(c3c(O)c4ccccc4n(C)c3=O)=Nc3ccccc3S2)cc(OC)c1O. The minimum absolute atomic E-state index is 0.0762. The number of fused-ring (bicyclic) bond motifs is 2. The van der Waals surface area contributed by atoms with E-state index in [2.05, 4.69) is 0 Å². The lowest BCUT2D eigenvalue weighted by atomic mass is 9.99. The van der Waals surface area contributed by atoms with Crippen molar-refractivity contribution in [2.24, 2.45) is 12.0 Å². The van der Waals surface area contributed by atoms with Crippen molar-refractivity contribution >= 4 is 34.1 Å². The number of ether oxygens (including phenoxy) is 2. The molecule has 2 heterocycles. The molecule has 0 radical (unpaired) electrons. The molecule has 4 aromatic rings. The summed E-state index contributed by atoms with van der Waals surface area (Å²) in [5.74, 6) is 0.431. The van der Waals surface area contributed by atoms with Gasteiger partial charge in [0.2, 0.25) is 5.75 Å². The van der Waals surface area contributed by atoms with E-state index in [-0.39, 0.29) is 27.9 Å². The van der Waals surface area contributed by atoms with Gasteiger partial charge in [0.05, 0.1) is 31.1 Å². The fourth-order valence-electron chi connectivity index (χ4n) is 4.39. The highest BCUT2D eigenvalue weighted by Gasteiger charge is 2.28. The molecule has 0 amide bonds. The molecule has 0 saturated heterocycles. The molecule has 1 aliphatic heterocycles. The van der Waals surface area contributed by atoms with E-state index >= 15 is 0 Å². The molecule has 5 rings (SSSR count). The van der Waals surface area contributed by atoms with Gasteiger partial charge in [0.1, 0.15) is 11.3 Å². The van der Waals surface area contributed by atoms with Crippen molar-refractivity contribution < 1.29 is 19.7 Å². The van der Waals surface area contributed by atoms with Crippen LogP contribution in [0.15, 0.2) is 75.3 Å². The lowest BCUT2D eigenvalue weighted by molar-refractivity contribution is 0.339. The molecule has 178 valence electrons. The number of aryl methyl sites for hydroxylation is 1. The Morgan fingerprint density at radius 3 is 2.34 bits per heavy atom. The summed E-state index contributed by atoms with van der Waals surface area (Å²) in [6.45, 7) is 0. The first-order chi connectivity index (χ1) is 16.9. The second-order valence-electron chi connectivity index (χ2n) is 8.22. The number of pyridine rings is 1. The van der Waals surface area contributed by atoms with Crippen molar-refractivity contribution in [2.75, 3.05) is 14.2 Å². The molecule has 1 unspecified atom stereocenters. The maximum Gasteiger partial charge on any atom is 0.263 e. The van der Waals surface area contributed by atoms with Crippen molar-refractivity contribution in [3.8, 4) is 23.0 Å². The molecule has 2 N–H and O–H groups in total. The molecule has 1 atom stereocenters. The van der Waals surface area contributed by atoms with E-state index in [0.29, 0.717) is 34.5 Å². The normalized spacial score (nSPS) is 15.3. The molecule has 8 heteroatoms. The number of hydrogen-bond acceptors (Lipinski definition) is 7. The van der Waals surface area contributed by atoms with Gasteiger partial charge >= 0.3 is 0 Å². The number of rotatable bonds is 4. The number of phenolic OH excluding ortho intramolecular Hbond substituents is 1. The zero-order chi connectivity index (χ0) is 24.7. The Morgan fingerprint density at radius 1 is 0.971 bits per heavy atom. The van der Waals surface area contributed by atoms with Crippen molar-refractivity contribution in [1.82, 2.24) is 4.57 Å².